The maximum absolute atomic E-state index is 11.8. The van der Waals surface area contributed by atoms with E-state index in [-0.39, 0.29) is 11.9 Å². The highest BCUT2D eigenvalue weighted by atomic mass is 16.5. The topological polar surface area (TPSA) is 69.1 Å². The fraction of sp³-hybridized carbons (Fsp3) is 0.467. The van der Waals surface area contributed by atoms with Crippen molar-refractivity contribution in [1.82, 2.24) is 5.32 Å². The van der Waals surface area contributed by atoms with E-state index in [0.29, 0.717) is 13.2 Å². The van der Waals surface area contributed by atoms with Crippen molar-refractivity contribution in [3.05, 3.63) is 29.8 Å². The van der Waals surface area contributed by atoms with Crippen molar-refractivity contribution in [3.8, 4) is 5.75 Å². The van der Waals surface area contributed by atoms with E-state index in [1.54, 1.807) is 6.92 Å². The number of carbonyl (C=O) groups is 2. The quantitative estimate of drug-likeness (QED) is 0.796. The lowest BCUT2D eigenvalue weighted by Gasteiger charge is -2.20. The third kappa shape index (κ3) is 5.43. The number of rotatable bonds is 6. The lowest BCUT2D eigenvalue weighted by molar-refractivity contribution is -0.908. The number of likely N-dealkylation sites (N-methyl/N-ethyl adjacent to an activating group) is 1. The Balaban J connectivity index is 2.56. The highest BCUT2D eigenvalue weighted by Crippen LogP contribution is 2.11. The molecule has 2 atom stereocenters. The summed E-state index contributed by atoms with van der Waals surface area (Å²) in [5, 5.41) is 2.18. The van der Waals surface area contributed by atoms with E-state index in [4.69, 9.17) is 4.74 Å². The molecular formula is C15H23N2O4+. The largest absolute Gasteiger partial charge is 0.494 e. The first kappa shape index (κ1) is 17.0. The molecule has 6 nitrogen and oxygen atoms in total. The summed E-state index contributed by atoms with van der Waals surface area (Å²) in [7, 11) is 3.13. The molecule has 0 aromatic heterocycles. The molecule has 2 amide bonds. The van der Waals surface area contributed by atoms with Crippen molar-refractivity contribution in [2.75, 3.05) is 20.8 Å². The second-order valence-electron chi connectivity index (χ2n) is 4.80. The zero-order valence-corrected chi connectivity index (χ0v) is 12.9. The van der Waals surface area contributed by atoms with Crippen LogP contribution < -0.4 is 15.0 Å². The molecule has 0 aliphatic heterocycles. The normalized spacial score (nSPS) is 13.1. The first-order valence-corrected chi connectivity index (χ1v) is 6.90. The molecule has 21 heavy (non-hydrogen) atoms. The Labute approximate surface area is 125 Å². The Kier molecular flexibility index (Phi) is 6.68. The summed E-state index contributed by atoms with van der Waals surface area (Å²) < 4.78 is 9.80. The first-order valence-electron chi connectivity index (χ1n) is 6.90. The Bertz CT molecular complexity index is 473. The molecule has 0 saturated carbocycles. The average Bonchev–Trinajstić information content (AvgIpc) is 2.48. The Morgan fingerprint density at radius 3 is 2.43 bits per heavy atom. The van der Waals surface area contributed by atoms with Gasteiger partial charge in [0.2, 0.25) is 0 Å². The van der Waals surface area contributed by atoms with Gasteiger partial charge in [-0.15, -0.1) is 0 Å². The van der Waals surface area contributed by atoms with E-state index < -0.39 is 6.09 Å². The van der Waals surface area contributed by atoms with Gasteiger partial charge >= 0.3 is 6.09 Å². The van der Waals surface area contributed by atoms with Crippen LogP contribution in [-0.2, 0) is 16.1 Å². The van der Waals surface area contributed by atoms with Crippen molar-refractivity contribution in [2.45, 2.75) is 26.4 Å². The summed E-state index contributed by atoms with van der Waals surface area (Å²) in [6.07, 6.45) is -0.735. The zero-order valence-electron chi connectivity index (χ0n) is 12.9. The van der Waals surface area contributed by atoms with E-state index in [0.717, 1.165) is 16.2 Å². The molecule has 1 aromatic carbocycles. The molecule has 1 unspecified atom stereocenters. The molecule has 1 rings (SSSR count). The molecule has 0 fully saturated rings. The second-order valence-corrected chi connectivity index (χ2v) is 4.80. The van der Waals surface area contributed by atoms with E-state index >= 15 is 0 Å². The van der Waals surface area contributed by atoms with Crippen molar-refractivity contribution >= 4 is 12.0 Å². The van der Waals surface area contributed by atoms with Gasteiger partial charge in [0.05, 0.1) is 20.8 Å². The summed E-state index contributed by atoms with van der Waals surface area (Å²) in [5.41, 5.74) is 1.09. The van der Waals surface area contributed by atoms with Crippen LogP contribution in [0.1, 0.15) is 19.4 Å². The lowest BCUT2D eigenvalue weighted by atomic mass is 10.2. The molecule has 0 spiro atoms. The van der Waals surface area contributed by atoms with Crippen molar-refractivity contribution < 1.29 is 24.0 Å². The predicted octanol–water partition coefficient (Wildman–Crippen LogP) is 0.371. The number of imide groups is 1. The van der Waals surface area contributed by atoms with Gasteiger partial charge in [0.25, 0.3) is 5.91 Å². The molecule has 0 heterocycles. The van der Waals surface area contributed by atoms with Gasteiger partial charge < -0.3 is 14.4 Å². The van der Waals surface area contributed by atoms with E-state index in [1.165, 1.54) is 7.11 Å². The van der Waals surface area contributed by atoms with E-state index in [2.05, 4.69) is 10.1 Å². The van der Waals surface area contributed by atoms with Crippen LogP contribution in [0.4, 0.5) is 4.79 Å². The molecular weight excluding hydrogens is 272 g/mol. The standard InChI is InChI=1S/C15H22N2O4/c1-5-21-13-8-6-12(7-9-13)10-17(3)11(2)14(18)16-15(19)20-4/h6-9,11H,5,10H2,1-4H3,(H,16,18,19)/p+1/t11-/m1/s1. The molecule has 0 bridgehead atoms. The Hall–Kier alpha value is -2.08. The minimum Gasteiger partial charge on any atom is -0.494 e. The average molecular weight is 295 g/mol. The number of methoxy groups -OCH3 is 1. The van der Waals surface area contributed by atoms with Gasteiger partial charge in [-0.2, -0.15) is 0 Å². The summed E-state index contributed by atoms with van der Waals surface area (Å²) in [6.45, 7) is 5.01. The Morgan fingerprint density at radius 2 is 1.90 bits per heavy atom. The van der Waals surface area contributed by atoms with E-state index in [1.807, 2.05) is 38.2 Å². The van der Waals surface area contributed by atoms with Crippen LogP contribution >= 0.6 is 0 Å². The molecule has 6 heteroatoms. The molecule has 1 aromatic rings. The van der Waals surface area contributed by atoms with Crippen molar-refractivity contribution in [3.63, 3.8) is 0 Å². The molecule has 116 valence electrons. The third-order valence-corrected chi connectivity index (χ3v) is 3.26. The summed E-state index contributed by atoms with van der Waals surface area (Å²) >= 11 is 0. The maximum atomic E-state index is 11.8. The van der Waals surface area contributed by atoms with Crippen LogP contribution in [0.5, 0.6) is 5.75 Å². The minimum atomic E-state index is -0.735. The fourth-order valence-corrected chi connectivity index (χ4v) is 1.83. The lowest BCUT2D eigenvalue weighted by Crippen LogP contribution is -3.12. The van der Waals surface area contributed by atoms with Crippen molar-refractivity contribution in [1.29, 1.82) is 0 Å². The highest BCUT2D eigenvalue weighted by Gasteiger charge is 2.23. The molecule has 0 aliphatic carbocycles. The summed E-state index contributed by atoms with van der Waals surface area (Å²) in [4.78, 5) is 23.8. The van der Waals surface area contributed by atoms with Crippen LogP contribution in [0.15, 0.2) is 24.3 Å². The minimum absolute atomic E-state index is 0.356. The summed E-state index contributed by atoms with van der Waals surface area (Å²) in [6, 6.07) is 7.39. The molecule has 0 radical (unpaired) electrons. The van der Waals surface area contributed by atoms with Crippen molar-refractivity contribution in [2.24, 2.45) is 0 Å². The molecule has 0 aliphatic rings. The SMILES string of the molecule is CCOc1ccc(C[NH+](C)[C@H](C)C(=O)NC(=O)OC)cc1. The number of benzene rings is 1. The number of ether oxygens (including phenoxy) is 2. The van der Waals surface area contributed by atoms with Gasteiger partial charge in [0, 0.05) is 5.56 Å². The van der Waals surface area contributed by atoms with Crippen LogP contribution in [0.2, 0.25) is 0 Å². The van der Waals surface area contributed by atoms with Crippen LogP contribution in [0, 0.1) is 0 Å². The van der Waals surface area contributed by atoms with Gasteiger partial charge in [-0.05, 0) is 38.1 Å². The smallest absolute Gasteiger partial charge is 0.413 e. The Morgan fingerprint density at radius 1 is 1.29 bits per heavy atom. The zero-order chi connectivity index (χ0) is 15.8. The van der Waals surface area contributed by atoms with Gasteiger partial charge in [0.15, 0.2) is 6.04 Å². The number of carbonyl (C=O) groups excluding carboxylic acids is 2. The number of quaternary nitrogens is 1. The van der Waals surface area contributed by atoms with Gasteiger partial charge in [-0.25, -0.2) is 4.79 Å². The monoisotopic (exact) mass is 295 g/mol. The van der Waals surface area contributed by atoms with Crippen LogP contribution in [-0.4, -0.2) is 38.8 Å². The van der Waals surface area contributed by atoms with Gasteiger partial charge in [-0.1, -0.05) is 0 Å². The van der Waals surface area contributed by atoms with Crippen LogP contribution in [0.3, 0.4) is 0 Å². The predicted molar refractivity (Wildman–Crippen MR) is 78.2 cm³/mol. The number of amides is 2. The second kappa shape index (κ2) is 8.26. The summed E-state index contributed by atoms with van der Waals surface area (Å²) in [5.74, 6) is 0.473. The van der Waals surface area contributed by atoms with Gasteiger partial charge in [-0.3, -0.25) is 10.1 Å². The number of alkyl carbamates (subject to hydrolysis) is 1. The van der Waals surface area contributed by atoms with E-state index in [9.17, 15) is 9.59 Å². The fourth-order valence-electron chi connectivity index (χ4n) is 1.83. The first-order chi connectivity index (χ1) is 9.97. The van der Waals surface area contributed by atoms with Crippen LogP contribution in [0.25, 0.3) is 0 Å². The third-order valence-electron chi connectivity index (χ3n) is 3.26. The molecule has 0 saturated heterocycles. The number of hydrogen-bond acceptors (Lipinski definition) is 4. The molecule has 2 N–H and O–H groups in total. The number of nitrogens with one attached hydrogen (secondary N) is 2. The number of hydrogen-bond donors (Lipinski definition) is 2. The van der Waals surface area contributed by atoms with Gasteiger partial charge in [0.1, 0.15) is 12.3 Å². The highest BCUT2D eigenvalue weighted by molar-refractivity contribution is 5.93. The maximum Gasteiger partial charge on any atom is 0.413 e.